The Morgan fingerprint density at radius 2 is 2.18 bits per heavy atom. The molecule has 11 heavy (non-hydrogen) atoms. The summed E-state index contributed by atoms with van der Waals surface area (Å²) < 4.78 is 5.51. The van der Waals surface area contributed by atoms with Gasteiger partial charge in [-0.3, -0.25) is 0 Å². The van der Waals surface area contributed by atoms with E-state index in [2.05, 4.69) is 6.42 Å². The highest BCUT2D eigenvalue weighted by Gasteiger charge is 2.25. The predicted molar refractivity (Wildman–Crippen MR) is 42.8 cm³/mol. The number of hydrogen-bond acceptors (Lipinski definition) is 2. The number of ether oxygens (including phenoxy) is 1. The maximum Gasteiger partial charge on any atom is 0.120 e. The van der Waals surface area contributed by atoms with Crippen molar-refractivity contribution in [3.05, 3.63) is 12.8 Å². The maximum atomic E-state index is 10.2. The molecule has 0 spiro atoms. The quantitative estimate of drug-likeness (QED) is 0.562. The van der Waals surface area contributed by atoms with Gasteiger partial charge in [0.1, 0.15) is 6.29 Å². The highest BCUT2D eigenvalue weighted by atomic mass is 16.5. The first-order valence-electron chi connectivity index (χ1n) is 4.01. The molecular formula is C9H14O2. The Balaban J connectivity index is 2.37. The third kappa shape index (κ3) is 2.29. The van der Waals surface area contributed by atoms with E-state index in [0.29, 0.717) is 6.42 Å². The molecule has 0 N–H and O–H groups in total. The molecule has 0 saturated carbocycles. The number of rotatable bonds is 2. The Labute approximate surface area is 67.9 Å². The molecular weight excluding hydrogens is 140 g/mol. The van der Waals surface area contributed by atoms with Gasteiger partial charge in [0, 0.05) is 6.42 Å². The van der Waals surface area contributed by atoms with E-state index in [9.17, 15) is 4.79 Å². The van der Waals surface area contributed by atoms with E-state index >= 15 is 0 Å². The van der Waals surface area contributed by atoms with Crippen molar-refractivity contribution in [3.63, 3.8) is 0 Å². The molecule has 0 aromatic carbocycles. The SMILES string of the molecule is CC1[CH][CH]C(CC=O)[C@H](C)O1. The zero-order chi connectivity index (χ0) is 8.27. The van der Waals surface area contributed by atoms with Crippen LogP contribution in [0.15, 0.2) is 0 Å². The second kappa shape index (κ2) is 3.86. The summed E-state index contributed by atoms with van der Waals surface area (Å²) in [6.07, 6.45) is 5.99. The average molecular weight is 154 g/mol. The van der Waals surface area contributed by atoms with E-state index < -0.39 is 0 Å². The largest absolute Gasteiger partial charge is 0.375 e. The monoisotopic (exact) mass is 154 g/mol. The summed E-state index contributed by atoms with van der Waals surface area (Å²) in [4.78, 5) is 10.2. The molecule has 3 atom stereocenters. The van der Waals surface area contributed by atoms with Crippen LogP contribution in [0.4, 0.5) is 0 Å². The summed E-state index contributed by atoms with van der Waals surface area (Å²) in [5.41, 5.74) is 0. The van der Waals surface area contributed by atoms with Crippen molar-refractivity contribution in [2.75, 3.05) is 0 Å². The summed E-state index contributed by atoms with van der Waals surface area (Å²) in [6, 6.07) is 0. The molecule has 2 nitrogen and oxygen atoms in total. The zero-order valence-electron chi connectivity index (χ0n) is 6.99. The van der Waals surface area contributed by atoms with Crippen LogP contribution in [-0.2, 0) is 9.53 Å². The van der Waals surface area contributed by atoms with Gasteiger partial charge in [-0.2, -0.15) is 0 Å². The van der Waals surface area contributed by atoms with Gasteiger partial charge in [0.05, 0.1) is 12.2 Å². The molecule has 0 bridgehead atoms. The van der Waals surface area contributed by atoms with Crippen molar-refractivity contribution in [1.82, 2.24) is 0 Å². The zero-order valence-corrected chi connectivity index (χ0v) is 6.99. The smallest absolute Gasteiger partial charge is 0.120 e. The number of carbonyl (C=O) groups is 1. The van der Waals surface area contributed by atoms with Crippen molar-refractivity contribution in [2.45, 2.75) is 32.5 Å². The third-order valence-electron chi connectivity index (χ3n) is 2.03. The first-order chi connectivity index (χ1) is 5.24. The minimum absolute atomic E-state index is 0.181. The summed E-state index contributed by atoms with van der Waals surface area (Å²) in [5, 5.41) is 0. The molecule has 2 heteroatoms. The van der Waals surface area contributed by atoms with Crippen molar-refractivity contribution < 1.29 is 9.53 Å². The fraction of sp³-hybridized carbons (Fsp3) is 0.667. The Morgan fingerprint density at radius 3 is 2.73 bits per heavy atom. The average Bonchev–Trinajstić information content (AvgIpc) is 1.95. The van der Waals surface area contributed by atoms with E-state index in [1.165, 1.54) is 0 Å². The highest BCUT2D eigenvalue weighted by molar-refractivity contribution is 5.50. The molecule has 2 unspecified atom stereocenters. The van der Waals surface area contributed by atoms with Gasteiger partial charge in [-0.15, -0.1) is 0 Å². The van der Waals surface area contributed by atoms with Crippen molar-refractivity contribution in [2.24, 2.45) is 5.92 Å². The fourth-order valence-electron chi connectivity index (χ4n) is 1.32. The Hall–Kier alpha value is -0.370. The molecule has 0 aromatic rings. The van der Waals surface area contributed by atoms with Crippen LogP contribution < -0.4 is 0 Å². The lowest BCUT2D eigenvalue weighted by Crippen LogP contribution is -2.32. The van der Waals surface area contributed by atoms with Crippen LogP contribution in [0.3, 0.4) is 0 Å². The normalized spacial score (nSPS) is 38.5. The van der Waals surface area contributed by atoms with Crippen LogP contribution in [0.1, 0.15) is 20.3 Å². The van der Waals surface area contributed by atoms with Crippen molar-refractivity contribution in [1.29, 1.82) is 0 Å². The van der Waals surface area contributed by atoms with E-state index in [1.807, 2.05) is 20.3 Å². The summed E-state index contributed by atoms with van der Waals surface area (Å²) in [5.74, 6) is 0.281. The van der Waals surface area contributed by atoms with Crippen LogP contribution in [0, 0.1) is 18.8 Å². The lowest BCUT2D eigenvalue weighted by molar-refractivity contribution is -0.110. The first kappa shape index (κ1) is 8.72. The van der Waals surface area contributed by atoms with Gasteiger partial charge in [0.2, 0.25) is 0 Å². The van der Waals surface area contributed by atoms with Crippen LogP contribution in [0.5, 0.6) is 0 Å². The summed E-state index contributed by atoms with van der Waals surface area (Å²) in [6.45, 7) is 4.01. The van der Waals surface area contributed by atoms with Crippen molar-refractivity contribution in [3.8, 4) is 0 Å². The molecule has 1 aliphatic heterocycles. The summed E-state index contributed by atoms with van der Waals surface area (Å²) >= 11 is 0. The third-order valence-corrected chi connectivity index (χ3v) is 2.03. The topological polar surface area (TPSA) is 26.3 Å². The Morgan fingerprint density at radius 1 is 1.45 bits per heavy atom. The van der Waals surface area contributed by atoms with Crippen LogP contribution >= 0.6 is 0 Å². The summed E-state index contributed by atoms with van der Waals surface area (Å²) in [7, 11) is 0. The van der Waals surface area contributed by atoms with Gasteiger partial charge in [0.25, 0.3) is 0 Å². The van der Waals surface area contributed by atoms with Crippen LogP contribution in [-0.4, -0.2) is 18.5 Å². The lowest BCUT2D eigenvalue weighted by Gasteiger charge is -2.31. The second-order valence-electron chi connectivity index (χ2n) is 3.00. The van der Waals surface area contributed by atoms with E-state index in [4.69, 9.17) is 4.74 Å². The lowest BCUT2D eigenvalue weighted by atomic mass is 9.91. The first-order valence-corrected chi connectivity index (χ1v) is 4.01. The highest BCUT2D eigenvalue weighted by Crippen LogP contribution is 2.24. The molecule has 1 saturated heterocycles. The second-order valence-corrected chi connectivity index (χ2v) is 3.00. The number of hydrogen-bond donors (Lipinski definition) is 0. The van der Waals surface area contributed by atoms with Gasteiger partial charge in [-0.25, -0.2) is 0 Å². The van der Waals surface area contributed by atoms with Crippen molar-refractivity contribution >= 4 is 6.29 Å². The van der Waals surface area contributed by atoms with E-state index in [-0.39, 0.29) is 18.1 Å². The van der Waals surface area contributed by atoms with Gasteiger partial charge in [0.15, 0.2) is 0 Å². The molecule has 0 aromatic heterocycles. The van der Waals surface area contributed by atoms with E-state index in [0.717, 1.165) is 6.29 Å². The number of aldehydes is 1. The van der Waals surface area contributed by atoms with Gasteiger partial charge >= 0.3 is 0 Å². The maximum absolute atomic E-state index is 10.2. The molecule has 1 rings (SSSR count). The molecule has 0 amide bonds. The molecule has 0 aliphatic carbocycles. The molecule has 1 aliphatic rings. The number of carbonyl (C=O) groups excluding carboxylic acids is 1. The molecule has 62 valence electrons. The van der Waals surface area contributed by atoms with Gasteiger partial charge in [-0.05, 0) is 32.6 Å². The van der Waals surface area contributed by atoms with Gasteiger partial charge in [-0.1, -0.05) is 0 Å². The Bertz CT molecular complexity index is 134. The van der Waals surface area contributed by atoms with Crippen LogP contribution in [0.25, 0.3) is 0 Å². The fourth-order valence-corrected chi connectivity index (χ4v) is 1.32. The molecule has 2 radical (unpaired) electrons. The predicted octanol–water partition coefficient (Wildman–Crippen LogP) is 1.41. The minimum Gasteiger partial charge on any atom is -0.375 e. The van der Waals surface area contributed by atoms with Gasteiger partial charge < -0.3 is 9.53 Å². The Kier molecular flexibility index (Phi) is 3.06. The molecule has 1 fully saturated rings. The van der Waals surface area contributed by atoms with E-state index in [1.54, 1.807) is 0 Å². The molecule has 1 heterocycles. The standard InChI is InChI=1S/C9H14O2/c1-7-3-4-9(5-6-10)8(2)11-7/h3-4,6-9H,5H2,1-2H3/t7?,8-,9?/m0/s1. The minimum atomic E-state index is 0.181. The van der Waals surface area contributed by atoms with Crippen LogP contribution in [0.2, 0.25) is 0 Å².